The molecule has 7 heteroatoms. The van der Waals surface area contributed by atoms with E-state index in [0.717, 1.165) is 17.5 Å². The first-order valence-electron chi connectivity index (χ1n) is 9.08. The van der Waals surface area contributed by atoms with E-state index in [9.17, 15) is 9.59 Å². The van der Waals surface area contributed by atoms with Crippen molar-refractivity contribution in [3.63, 3.8) is 0 Å². The number of benzene rings is 2. The Labute approximate surface area is 170 Å². The highest BCUT2D eigenvalue weighted by Crippen LogP contribution is 2.30. The van der Waals surface area contributed by atoms with E-state index in [-0.39, 0.29) is 5.91 Å². The molecule has 0 aliphatic rings. The van der Waals surface area contributed by atoms with Crippen molar-refractivity contribution in [1.82, 2.24) is 10.4 Å². The van der Waals surface area contributed by atoms with Gasteiger partial charge < -0.3 is 10.1 Å². The second-order valence-electron chi connectivity index (χ2n) is 6.78. The van der Waals surface area contributed by atoms with E-state index < -0.39 is 5.72 Å². The number of amides is 2. The minimum absolute atomic E-state index is 0.214. The van der Waals surface area contributed by atoms with Crippen LogP contribution in [-0.4, -0.2) is 23.1 Å². The lowest BCUT2D eigenvalue weighted by Crippen LogP contribution is -2.57. The molecule has 28 heavy (non-hydrogen) atoms. The van der Waals surface area contributed by atoms with Gasteiger partial charge in [0.25, 0.3) is 0 Å². The molecule has 2 N–H and O–H groups in total. The molecule has 0 bridgehead atoms. The molecule has 0 unspecified atom stereocenters. The lowest BCUT2D eigenvalue weighted by Gasteiger charge is -2.38. The van der Waals surface area contributed by atoms with E-state index in [0.29, 0.717) is 29.4 Å². The number of hydrogen-bond donors (Lipinski definition) is 2. The predicted octanol–water partition coefficient (Wildman–Crippen LogP) is 4.14. The Balaban J connectivity index is 2.25. The molecule has 0 saturated carbocycles. The van der Waals surface area contributed by atoms with Crippen molar-refractivity contribution in [3.05, 3.63) is 58.6 Å². The van der Waals surface area contributed by atoms with Crippen LogP contribution in [0.1, 0.15) is 38.8 Å². The summed E-state index contributed by atoms with van der Waals surface area (Å²) in [4.78, 5) is 23.2. The van der Waals surface area contributed by atoms with Gasteiger partial charge in [-0.15, -0.1) is 0 Å². The molecule has 0 radical (unpaired) electrons. The van der Waals surface area contributed by atoms with Gasteiger partial charge in [-0.25, -0.2) is 10.4 Å². The van der Waals surface area contributed by atoms with E-state index in [2.05, 4.69) is 10.7 Å². The lowest BCUT2D eigenvalue weighted by atomic mass is 10.1. The van der Waals surface area contributed by atoms with Gasteiger partial charge >= 0.3 is 0 Å². The number of rotatable bonds is 9. The molecule has 2 aromatic rings. The van der Waals surface area contributed by atoms with E-state index in [1.54, 1.807) is 26.0 Å². The number of nitrogens with one attached hydrogen (secondary N) is 2. The standard InChI is InChI=1S/C21H26ClN3O3/c1-5-16-10-11-19(23-14-26)20(12-16)28-21(3,4)25(15(2)27)24-13-17-8-6-7-9-18(17)22/h6-12,14,24H,5,13H2,1-4H3,(H,23,26). The molecule has 0 heterocycles. The van der Waals surface area contributed by atoms with Gasteiger partial charge in [-0.1, -0.05) is 42.8 Å². The zero-order chi connectivity index (χ0) is 20.7. The third-order valence-electron chi connectivity index (χ3n) is 4.27. The number of ether oxygens (including phenoxy) is 1. The molecular formula is C21H26ClN3O3. The molecule has 0 spiro atoms. The van der Waals surface area contributed by atoms with Gasteiger partial charge in [-0.05, 0) is 49.6 Å². The second-order valence-corrected chi connectivity index (χ2v) is 7.18. The number of hydrogen-bond acceptors (Lipinski definition) is 4. The smallest absolute Gasteiger partial charge is 0.236 e. The van der Waals surface area contributed by atoms with E-state index in [4.69, 9.17) is 16.3 Å². The van der Waals surface area contributed by atoms with Crippen molar-refractivity contribution in [2.24, 2.45) is 0 Å². The zero-order valence-corrected chi connectivity index (χ0v) is 17.3. The third kappa shape index (κ3) is 5.47. The number of anilines is 1. The van der Waals surface area contributed by atoms with Gasteiger partial charge in [0.2, 0.25) is 12.3 Å². The summed E-state index contributed by atoms with van der Waals surface area (Å²) in [7, 11) is 0. The minimum atomic E-state index is -1.03. The van der Waals surface area contributed by atoms with Crippen molar-refractivity contribution >= 4 is 29.6 Å². The quantitative estimate of drug-likeness (QED) is 0.375. The molecule has 0 aromatic heterocycles. The molecule has 0 fully saturated rings. The number of carbonyl (C=O) groups is 2. The first-order valence-corrected chi connectivity index (χ1v) is 9.46. The average Bonchev–Trinajstić information content (AvgIpc) is 2.64. The Morgan fingerprint density at radius 3 is 2.57 bits per heavy atom. The fourth-order valence-electron chi connectivity index (χ4n) is 2.86. The maximum Gasteiger partial charge on any atom is 0.236 e. The summed E-state index contributed by atoms with van der Waals surface area (Å²) in [5, 5.41) is 4.67. The third-order valence-corrected chi connectivity index (χ3v) is 4.64. The SMILES string of the molecule is CCc1ccc(NC=O)c(OC(C)(C)N(NCc2ccccc2Cl)C(C)=O)c1. The van der Waals surface area contributed by atoms with Crippen LogP contribution in [0, 0.1) is 0 Å². The first-order chi connectivity index (χ1) is 13.3. The average molecular weight is 404 g/mol. The summed E-state index contributed by atoms with van der Waals surface area (Å²) in [6, 6.07) is 13.0. The summed E-state index contributed by atoms with van der Waals surface area (Å²) in [5.41, 5.74) is 4.53. The first kappa shape index (κ1) is 21.7. The Morgan fingerprint density at radius 1 is 1.25 bits per heavy atom. The molecule has 2 amide bonds. The van der Waals surface area contributed by atoms with Crippen LogP contribution in [-0.2, 0) is 22.6 Å². The largest absolute Gasteiger partial charge is 0.465 e. The fourth-order valence-corrected chi connectivity index (χ4v) is 3.06. The van der Waals surface area contributed by atoms with Crippen LogP contribution in [0.15, 0.2) is 42.5 Å². The van der Waals surface area contributed by atoms with E-state index in [1.807, 2.05) is 37.3 Å². The van der Waals surface area contributed by atoms with Crippen LogP contribution in [0.2, 0.25) is 5.02 Å². The van der Waals surface area contributed by atoms with Crippen LogP contribution in [0.4, 0.5) is 5.69 Å². The minimum Gasteiger partial charge on any atom is -0.465 e. The number of aryl methyl sites for hydroxylation is 1. The molecular weight excluding hydrogens is 378 g/mol. The van der Waals surface area contributed by atoms with Crippen molar-refractivity contribution < 1.29 is 14.3 Å². The van der Waals surface area contributed by atoms with Crippen LogP contribution >= 0.6 is 11.6 Å². The highest BCUT2D eigenvalue weighted by atomic mass is 35.5. The van der Waals surface area contributed by atoms with Crippen molar-refractivity contribution in [2.45, 2.75) is 46.4 Å². The van der Waals surface area contributed by atoms with Crippen molar-refractivity contribution in [2.75, 3.05) is 5.32 Å². The van der Waals surface area contributed by atoms with Crippen molar-refractivity contribution in [3.8, 4) is 5.75 Å². The fraction of sp³-hybridized carbons (Fsp3) is 0.333. The van der Waals surface area contributed by atoms with Crippen LogP contribution in [0.5, 0.6) is 5.75 Å². The summed E-state index contributed by atoms with van der Waals surface area (Å²) in [6.07, 6.45) is 1.42. The Hall–Kier alpha value is -2.57. The van der Waals surface area contributed by atoms with E-state index >= 15 is 0 Å². The summed E-state index contributed by atoms with van der Waals surface area (Å²) < 4.78 is 6.16. The van der Waals surface area contributed by atoms with Gasteiger partial charge in [-0.2, -0.15) is 0 Å². The number of hydrazine groups is 1. The Morgan fingerprint density at radius 2 is 1.96 bits per heavy atom. The van der Waals surface area contributed by atoms with Gasteiger partial charge in [0, 0.05) is 18.5 Å². The molecule has 150 valence electrons. The monoisotopic (exact) mass is 403 g/mol. The summed E-state index contributed by atoms with van der Waals surface area (Å²) in [6.45, 7) is 7.40. The van der Waals surface area contributed by atoms with Crippen LogP contribution in [0.25, 0.3) is 0 Å². The van der Waals surface area contributed by atoms with Crippen LogP contribution < -0.4 is 15.5 Å². The molecule has 2 aromatic carbocycles. The van der Waals surface area contributed by atoms with Crippen LogP contribution in [0.3, 0.4) is 0 Å². The molecule has 2 rings (SSSR count). The van der Waals surface area contributed by atoms with Crippen molar-refractivity contribution in [1.29, 1.82) is 0 Å². The summed E-state index contributed by atoms with van der Waals surface area (Å²) in [5.74, 6) is 0.274. The maximum atomic E-state index is 12.3. The van der Waals surface area contributed by atoms with Gasteiger partial charge in [0.1, 0.15) is 5.75 Å². The molecule has 6 nitrogen and oxygen atoms in total. The number of carbonyl (C=O) groups excluding carboxylic acids is 2. The highest BCUT2D eigenvalue weighted by molar-refractivity contribution is 6.31. The Bertz CT molecular complexity index is 839. The molecule has 0 aliphatic heterocycles. The number of nitrogens with zero attached hydrogens (tertiary/aromatic N) is 1. The molecule has 0 aliphatic carbocycles. The van der Waals surface area contributed by atoms with Gasteiger partial charge in [0.15, 0.2) is 5.72 Å². The lowest BCUT2D eigenvalue weighted by molar-refractivity contribution is -0.155. The molecule has 0 saturated heterocycles. The molecule has 0 atom stereocenters. The van der Waals surface area contributed by atoms with E-state index in [1.165, 1.54) is 11.9 Å². The predicted molar refractivity (Wildman–Crippen MR) is 111 cm³/mol. The maximum absolute atomic E-state index is 12.3. The topological polar surface area (TPSA) is 70.7 Å². The second kappa shape index (κ2) is 9.57. The zero-order valence-electron chi connectivity index (χ0n) is 16.6. The Kier molecular flexibility index (Phi) is 7.43. The highest BCUT2D eigenvalue weighted by Gasteiger charge is 2.32. The normalized spacial score (nSPS) is 11.0. The number of halogens is 1. The summed E-state index contributed by atoms with van der Waals surface area (Å²) >= 11 is 6.20. The van der Waals surface area contributed by atoms with Gasteiger partial charge in [-0.3, -0.25) is 9.59 Å². The van der Waals surface area contributed by atoms with Gasteiger partial charge in [0.05, 0.1) is 5.69 Å².